The Morgan fingerprint density at radius 3 is 2.35 bits per heavy atom. The van der Waals surface area contributed by atoms with Gasteiger partial charge in [-0.05, 0) is 49.6 Å². The molecule has 2 aromatic rings. The van der Waals surface area contributed by atoms with Crippen LogP contribution in [0, 0.1) is 6.92 Å². The van der Waals surface area contributed by atoms with Gasteiger partial charge in [-0.3, -0.25) is 13.9 Å². The Kier molecular flexibility index (Phi) is 10.2. The Hall–Kier alpha value is -2.29. The molecule has 0 aromatic heterocycles. The third kappa shape index (κ3) is 7.61. The number of amides is 2. The van der Waals surface area contributed by atoms with Crippen LogP contribution in [0.25, 0.3) is 0 Å². The maximum atomic E-state index is 13.5. The average Bonchev–Trinajstić information content (AvgIpc) is 2.77. The Morgan fingerprint density at radius 2 is 1.76 bits per heavy atom. The molecule has 0 spiro atoms. The third-order valence-electron chi connectivity index (χ3n) is 5.47. The molecule has 7 nitrogen and oxygen atoms in total. The van der Waals surface area contributed by atoms with Crippen LogP contribution in [0.1, 0.15) is 37.8 Å². The summed E-state index contributed by atoms with van der Waals surface area (Å²) in [7, 11) is -3.84. The Bertz CT molecular complexity index is 1120. The van der Waals surface area contributed by atoms with Crippen LogP contribution in [0.3, 0.4) is 0 Å². The van der Waals surface area contributed by atoms with E-state index in [4.69, 9.17) is 23.2 Å². The lowest BCUT2D eigenvalue weighted by molar-refractivity contribution is -0.139. The molecule has 0 bridgehead atoms. The van der Waals surface area contributed by atoms with Gasteiger partial charge in [0.05, 0.1) is 22.0 Å². The molecule has 2 rings (SSSR count). The summed E-state index contributed by atoms with van der Waals surface area (Å²) in [5, 5.41) is 3.29. The average molecular weight is 529 g/mol. The van der Waals surface area contributed by atoms with E-state index in [9.17, 15) is 18.0 Å². The van der Waals surface area contributed by atoms with Crippen LogP contribution in [0.15, 0.2) is 42.5 Å². The van der Waals surface area contributed by atoms with Gasteiger partial charge in [0.2, 0.25) is 21.8 Å². The maximum Gasteiger partial charge on any atom is 0.244 e. The zero-order valence-corrected chi connectivity index (χ0v) is 22.2. The van der Waals surface area contributed by atoms with Crippen molar-refractivity contribution in [3.05, 3.63) is 63.6 Å². The fourth-order valence-electron chi connectivity index (χ4n) is 3.34. The number of hydrogen-bond acceptors (Lipinski definition) is 4. The molecule has 0 fully saturated rings. The molecule has 1 atom stereocenters. The molecular weight excluding hydrogens is 497 g/mol. The second-order valence-electron chi connectivity index (χ2n) is 8.14. The molecule has 0 aliphatic heterocycles. The molecule has 0 unspecified atom stereocenters. The first-order valence-electron chi connectivity index (χ1n) is 11.0. The fourth-order valence-corrected chi connectivity index (χ4v) is 4.48. The normalized spacial score (nSPS) is 12.2. The van der Waals surface area contributed by atoms with Crippen LogP contribution in [0.5, 0.6) is 0 Å². The van der Waals surface area contributed by atoms with E-state index in [2.05, 4.69) is 5.32 Å². The van der Waals surface area contributed by atoms with Crippen molar-refractivity contribution < 1.29 is 18.0 Å². The van der Waals surface area contributed by atoms with Crippen molar-refractivity contribution >= 4 is 50.7 Å². The zero-order valence-electron chi connectivity index (χ0n) is 19.8. The standard InChI is InChI=1S/C24H31Cl2N3O4S/c1-5-6-13-27-24(31)18(3)28(15-19-10-8-7-9-17(19)2)23(30)16-29(34(4,32)33)20-11-12-21(25)22(26)14-20/h7-12,14,18H,5-6,13,15-16H2,1-4H3,(H,27,31)/t18-/m0/s1. The number of rotatable bonds is 11. The summed E-state index contributed by atoms with van der Waals surface area (Å²) < 4.78 is 26.1. The van der Waals surface area contributed by atoms with Crippen LogP contribution in [-0.2, 0) is 26.2 Å². The highest BCUT2D eigenvalue weighted by Gasteiger charge is 2.30. The molecule has 1 N–H and O–H groups in total. The van der Waals surface area contributed by atoms with Gasteiger partial charge >= 0.3 is 0 Å². The van der Waals surface area contributed by atoms with Gasteiger partial charge in [0, 0.05) is 13.1 Å². The van der Waals surface area contributed by atoms with Crippen molar-refractivity contribution in [2.75, 3.05) is 23.7 Å². The first-order valence-corrected chi connectivity index (χ1v) is 13.6. The lowest BCUT2D eigenvalue weighted by Gasteiger charge is -2.32. The van der Waals surface area contributed by atoms with E-state index in [0.29, 0.717) is 6.54 Å². The number of nitrogens with zero attached hydrogens (tertiary/aromatic N) is 2. The summed E-state index contributed by atoms with van der Waals surface area (Å²) in [5.41, 5.74) is 2.04. The van der Waals surface area contributed by atoms with E-state index < -0.39 is 28.5 Å². The molecule has 186 valence electrons. The van der Waals surface area contributed by atoms with Crippen molar-refractivity contribution in [1.82, 2.24) is 10.2 Å². The smallest absolute Gasteiger partial charge is 0.244 e. The molecular formula is C24H31Cl2N3O4S. The van der Waals surface area contributed by atoms with Gasteiger partial charge in [0.25, 0.3) is 0 Å². The first kappa shape index (κ1) is 28.0. The largest absolute Gasteiger partial charge is 0.354 e. The predicted molar refractivity (Wildman–Crippen MR) is 138 cm³/mol. The molecule has 0 aliphatic carbocycles. The summed E-state index contributed by atoms with van der Waals surface area (Å²) >= 11 is 12.1. The third-order valence-corrected chi connectivity index (χ3v) is 7.35. The van der Waals surface area contributed by atoms with Crippen molar-refractivity contribution in [3.8, 4) is 0 Å². The molecule has 10 heteroatoms. The summed E-state index contributed by atoms with van der Waals surface area (Å²) in [4.78, 5) is 27.7. The van der Waals surface area contributed by atoms with Gasteiger partial charge in [0.1, 0.15) is 12.6 Å². The number of unbranched alkanes of at least 4 members (excludes halogenated alkanes) is 1. The van der Waals surface area contributed by atoms with Crippen molar-refractivity contribution in [2.45, 2.75) is 46.2 Å². The number of aryl methyl sites for hydroxylation is 1. The van der Waals surface area contributed by atoms with Gasteiger partial charge in [-0.1, -0.05) is 60.8 Å². The number of sulfonamides is 1. The first-order chi connectivity index (χ1) is 16.0. The highest BCUT2D eigenvalue weighted by Crippen LogP contribution is 2.28. The second-order valence-corrected chi connectivity index (χ2v) is 10.9. The lowest BCUT2D eigenvalue weighted by Crippen LogP contribution is -2.51. The van der Waals surface area contributed by atoms with E-state index in [0.717, 1.165) is 34.5 Å². The van der Waals surface area contributed by atoms with Crippen LogP contribution >= 0.6 is 23.2 Å². The number of carbonyl (C=O) groups excluding carboxylic acids is 2. The second kappa shape index (κ2) is 12.4. The van der Waals surface area contributed by atoms with Gasteiger partial charge in [-0.2, -0.15) is 0 Å². The molecule has 34 heavy (non-hydrogen) atoms. The Balaban J connectivity index is 2.38. The molecule has 0 saturated carbocycles. The number of nitrogens with one attached hydrogen (secondary N) is 1. The van der Waals surface area contributed by atoms with Gasteiger partial charge in [-0.25, -0.2) is 8.42 Å². The van der Waals surface area contributed by atoms with E-state index in [1.165, 1.54) is 23.1 Å². The SMILES string of the molecule is CCCCNC(=O)[C@H](C)N(Cc1ccccc1C)C(=O)CN(c1ccc(Cl)c(Cl)c1)S(C)(=O)=O. The summed E-state index contributed by atoms with van der Waals surface area (Å²) in [5.74, 6) is -0.811. The number of hydrogen-bond donors (Lipinski definition) is 1. The van der Waals surface area contributed by atoms with Gasteiger partial charge in [0.15, 0.2) is 0 Å². The summed E-state index contributed by atoms with van der Waals surface area (Å²) in [6.07, 6.45) is 2.76. The minimum atomic E-state index is -3.84. The number of anilines is 1. The number of carbonyl (C=O) groups is 2. The summed E-state index contributed by atoms with van der Waals surface area (Å²) in [6, 6.07) is 11.1. The van der Waals surface area contributed by atoms with Crippen molar-refractivity contribution in [1.29, 1.82) is 0 Å². The minimum Gasteiger partial charge on any atom is -0.354 e. The lowest BCUT2D eigenvalue weighted by atomic mass is 10.1. The minimum absolute atomic E-state index is 0.160. The van der Waals surface area contributed by atoms with E-state index in [1.54, 1.807) is 6.92 Å². The van der Waals surface area contributed by atoms with Gasteiger partial charge in [-0.15, -0.1) is 0 Å². The molecule has 0 heterocycles. The number of halogens is 2. The van der Waals surface area contributed by atoms with Gasteiger partial charge < -0.3 is 10.2 Å². The van der Waals surface area contributed by atoms with E-state index in [1.807, 2.05) is 38.1 Å². The quantitative estimate of drug-likeness (QED) is 0.438. The van der Waals surface area contributed by atoms with Crippen LogP contribution in [-0.4, -0.2) is 50.5 Å². The van der Waals surface area contributed by atoms with Crippen molar-refractivity contribution in [3.63, 3.8) is 0 Å². The van der Waals surface area contributed by atoms with Crippen LogP contribution in [0.4, 0.5) is 5.69 Å². The molecule has 0 saturated heterocycles. The zero-order chi connectivity index (χ0) is 25.5. The molecule has 2 amide bonds. The summed E-state index contributed by atoms with van der Waals surface area (Å²) in [6.45, 7) is 5.75. The van der Waals surface area contributed by atoms with Crippen LogP contribution < -0.4 is 9.62 Å². The maximum absolute atomic E-state index is 13.5. The topological polar surface area (TPSA) is 86.8 Å². The fraction of sp³-hybridized carbons (Fsp3) is 0.417. The van der Waals surface area contributed by atoms with Crippen LogP contribution in [0.2, 0.25) is 10.0 Å². The van der Waals surface area contributed by atoms with E-state index >= 15 is 0 Å². The number of benzene rings is 2. The predicted octanol–water partition coefficient (Wildman–Crippen LogP) is 4.40. The highest BCUT2D eigenvalue weighted by atomic mass is 35.5. The molecule has 0 aliphatic rings. The molecule has 0 radical (unpaired) electrons. The monoisotopic (exact) mass is 527 g/mol. The van der Waals surface area contributed by atoms with E-state index in [-0.39, 0.29) is 28.2 Å². The Morgan fingerprint density at radius 1 is 1.09 bits per heavy atom. The Labute approximate surface area is 212 Å². The van der Waals surface area contributed by atoms with Crippen molar-refractivity contribution in [2.24, 2.45) is 0 Å². The molecule has 2 aromatic carbocycles. The highest BCUT2D eigenvalue weighted by molar-refractivity contribution is 7.92.